The second kappa shape index (κ2) is 5.51. The molecular formula is C16H14N2O4S. The molecule has 3 rings (SSSR count). The van der Waals surface area contributed by atoms with Crippen LogP contribution in [0.1, 0.15) is 16.1 Å². The van der Waals surface area contributed by atoms with Crippen LogP contribution in [-0.4, -0.2) is 25.6 Å². The first kappa shape index (κ1) is 15.2. The molecule has 1 aromatic carbocycles. The number of sulfone groups is 1. The largest absolute Gasteiger partial charge is 0.451 e. The van der Waals surface area contributed by atoms with E-state index in [2.05, 4.69) is 10.3 Å². The molecule has 0 unspecified atom stereocenters. The van der Waals surface area contributed by atoms with E-state index < -0.39 is 15.7 Å². The minimum Gasteiger partial charge on any atom is -0.451 e. The highest BCUT2D eigenvalue weighted by molar-refractivity contribution is 7.90. The van der Waals surface area contributed by atoms with Gasteiger partial charge in [-0.1, -0.05) is 18.2 Å². The molecule has 0 radical (unpaired) electrons. The molecule has 0 aliphatic carbocycles. The summed E-state index contributed by atoms with van der Waals surface area (Å²) in [5, 5.41) is 3.48. The summed E-state index contributed by atoms with van der Waals surface area (Å²) in [5.74, 6) is -0.189. The first-order chi connectivity index (χ1) is 10.9. The Hall–Kier alpha value is -2.67. The van der Waals surface area contributed by atoms with E-state index in [0.29, 0.717) is 11.3 Å². The Morgan fingerprint density at radius 1 is 1.17 bits per heavy atom. The number of para-hydroxylation sites is 1. The van der Waals surface area contributed by atoms with Crippen LogP contribution in [-0.2, 0) is 9.84 Å². The molecule has 3 aromatic rings. The van der Waals surface area contributed by atoms with Gasteiger partial charge in [0.15, 0.2) is 20.6 Å². The molecule has 23 heavy (non-hydrogen) atoms. The Balaban J connectivity index is 1.87. The molecule has 118 valence electrons. The van der Waals surface area contributed by atoms with Gasteiger partial charge < -0.3 is 9.73 Å². The number of rotatable bonds is 3. The third kappa shape index (κ3) is 2.95. The summed E-state index contributed by atoms with van der Waals surface area (Å²) in [4.78, 5) is 16.2. The Morgan fingerprint density at radius 3 is 2.52 bits per heavy atom. The van der Waals surface area contributed by atoms with Crippen LogP contribution in [0.3, 0.4) is 0 Å². The number of fused-ring (bicyclic) bond motifs is 1. The van der Waals surface area contributed by atoms with Gasteiger partial charge in [-0.2, -0.15) is 0 Å². The summed E-state index contributed by atoms with van der Waals surface area (Å²) in [5.41, 5.74) is 1.78. The number of hydrogen-bond acceptors (Lipinski definition) is 5. The number of anilines is 1. The number of carbonyl (C=O) groups excluding carboxylic acids is 1. The summed E-state index contributed by atoms with van der Waals surface area (Å²) in [6.45, 7) is 1.81. The van der Waals surface area contributed by atoms with E-state index in [1.165, 1.54) is 18.3 Å². The van der Waals surface area contributed by atoms with E-state index in [0.717, 1.165) is 17.2 Å². The van der Waals surface area contributed by atoms with E-state index >= 15 is 0 Å². The fraction of sp³-hybridized carbons (Fsp3) is 0.125. The third-order valence-electron chi connectivity index (χ3n) is 3.42. The molecule has 0 aliphatic heterocycles. The highest BCUT2D eigenvalue weighted by Gasteiger charge is 2.18. The summed E-state index contributed by atoms with van der Waals surface area (Å²) in [6, 6.07) is 10.2. The van der Waals surface area contributed by atoms with Crippen LogP contribution in [0.2, 0.25) is 0 Å². The van der Waals surface area contributed by atoms with Gasteiger partial charge in [-0.05, 0) is 25.1 Å². The topological polar surface area (TPSA) is 89.3 Å². The third-order valence-corrected chi connectivity index (χ3v) is 4.43. The number of amides is 1. The maximum Gasteiger partial charge on any atom is 0.291 e. The van der Waals surface area contributed by atoms with E-state index in [1.54, 1.807) is 6.07 Å². The molecule has 2 aromatic heterocycles. The number of carbonyl (C=O) groups is 1. The molecule has 6 nitrogen and oxygen atoms in total. The quantitative estimate of drug-likeness (QED) is 0.797. The average molecular weight is 330 g/mol. The van der Waals surface area contributed by atoms with E-state index in [-0.39, 0.29) is 10.8 Å². The fourth-order valence-corrected chi connectivity index (χ4v) is 2.81. The zero-order valence-corrected chi connectivity index (χ0v) is 13.3. The van der Waals surface area contributed by atoms with Gasteiger partial charge in [0.05, 0.1) is 11.9 Å². The molecule has 0 aliphatic rings. The number of aromatic nitrogens is 1. The minimum atomic E-state index is -3.37. The molecule has 0 saturated heterocycles. The van der Waals surface area contributed by atoms with Crippen LogP contribution >= 0.6 is 0 Å². The summed E-state index contributed by atoms with van der Waals surface area (Å²) in [6.07, 6.45) is 2.37. The average Bonchev–Trinajstić information content (AvgIpc) is 2.85. The zero-order chi connectivity index (χ0) is 16.6. The lowest BCUT2D eigenvalue weighted by molar-refractivity contribution is 0.0998. The molecule has 0 fully saturated rings. The first-order valence-corrected chi connectivity index (χ1v) is 8.71. The van der Waals surface area contributed by atoms with Gasteiger partial charge in [0.2, 0.25) is 0 Å². The second-order valence-corrected chi connectivity index (χ2v) is 7.13. The molecule has 0 atom stereocenters. The van der Waals surface area contributed by atoms with Crippen molar-refractivity contribution in [3.05, 3.63) is 53.9 Å². The van der Waals surface area contributed by atoms with Crippen molar-refractivity contribution >= 4 is 32.4 Å². The lowest BCUT2D eigenvalue weighted by atomic mass is 10.1. The van der Waals surface area contributed by atoms with Crippen LogP contribution in [0.15, 0.2) is 52.0 Å². The van der Waals surface area contributed by atoms with Crippen molar-refractivity contribution in [2.75, 3.05) is 11.6 Å². The van der Waals surface area contributed by atoms with Gasteiger partial charge >= 0.3 is 0 Å². The number of pyridine rings is 1. The molecule has 0 bridgehead atoms. The van der Waals surface area contributed by atoms with E-state index in [9.17, 15) is 13.2 Å². The second-order valence-electron chi connectivity index (χ2n) is 5.16. The number of nitrogens with zero attached hydrogens (tertiary/aromatic N) is 1. The van der Waals surface area contributed by atoms with Crippen molar-refractivity contribution < 1.29 is 17.6 Å². The lowest BCUT2D eigenvalue weighted by Gasteiger charge is -2.04. The van der Waals surface area contributed by atoms with Crippen molar-refractivity contribution in [1.29, 1.82) is 0 Å². The van der Waals surface area contributed by atoms with Gasteiger partial charge in [0.1, 0.15) is 5.58 Å². The zero-order valence-electron chi connectivity index (χ0n) is 12.5. The highest BCUT2D eigenvalue weighted by Crippen LogP contribution is 2.25. The maximum absolute atomic E-state index is 12.3. The van der Waals surface area contributed by atoms with Crippen molar-refractivity contribution in [2.24, 2.45) is 0 Å². The SMILES string of the molecule is Cc1c(C(=O)Nc2ccc(S(C)(=O)=O)nc2)oc2ccccc12. The van der Waals surface area contributed by atoms with Gasteiger partial charge in [-0.25, -0.2) is 13.4 Å². The monoisotopic (exact) mass is 330 g/mol. The van der Waals surface area contributed by atoms with Crippen LogP contribution in [0.4, 0.5) is 5.69 Å². The number of aryl methyl sites for hydroxylation is 1. The predicted molar refractivity (Wildman–Crippen MR) is 86.3 cm³/mol. The summed E-state index contributed by atoms with van der Waals surface area (Å²) in [7, 11) is -3.37. The Bertz CT molecular complexity index is 989. The van der Waals surface area contributed by atoms with E-state index in [4.69, 9.17) is 4.42 Å². The number of nitrogens with one attached hydrogen (secondary N) is 1. The number of benzene rings is 1. The Morgan fingerprint density at radius 2 is 1.91 bits per heavy atom. The fourth-order valence-electron chi connectivity index (χ4n) is 2.25. The number of hydrogen-bond donors (Lipinski definition) is 1. The van der Waals surface area contributed by atoms with Crippen molar-refractivity contribution in [3.63, 3.8) is 0 Å². The van der Waals surface area contributed by atoms with Crippen LogP contribution in [0.25, 0.3) is 11.0 Å². The molecule has 0 saturated carbocycles. The maximum atomic E-state index is 12.3. The van der Waals surface area contributed by atoms with Gasteiger partial charge in [-0.15, -0.1) is 0 Å². The smallest absolute Gasteiger partial charge is 0.291 e. The molecule has 2 heterocycles. The highest BCUT2D eigenvalue weighted by atomic mass is 32.2. The van der Waals surface area contributed by atoms with Crippen LogP contribution in [0.5, 0.6) is 0 Å². The Kier molecular flexibility index (Phi) is 3.65. The standard InChI is InChI=1S/C16H14N2O4S/c1-10-12-5-3-4-6-13(12)22-15(10)16(19)18-11-7-8-14(17-9-11)23(2,20)21/h3-9H,1-2H3,(H,18,19). The van der Waals surface area contributed by atoms with Gasteiger partial charge in [0.25, 0.3) is 5.91 Å². The molecule has 0 spiro atoms. The van der Waals surface area contributed by atoms with E-state index in [1.807, 2.05) is 25.1 Å². The minimum absolute atomic E-state index is 0.0459. The summed E-state index contributed by atoms with van der Waals surface area (Å²) >= 11 is 0. The molecular weight excluding hydrogens is 316 g/mol. The van der Waals surface area contributed by atoms with Crippen molar-refractivity contribution in [3.8, 4) is 0 Å². The summed E-state index contributed by atoms with van der Waals surface area (Å²) < 4.78 is 28.3. The lowest BCUT2D eigenvalue weighted by Crippen LogP contribution is -2.12. The van der Waals surface area contributed by atoms with Crippen molar-refractivity contribution in [2.45, 2.75) is 11.9 Å². The first-order valence-electron chi connectivity index (χ1n) is 6.82. The molecule has 1 amide bonds. The predicted octanol–water partition coefficient (Wildman–Crippen LogP) is 2.79. The normalized spacial score (nSPS) is 11.6. The number of furan rings is 1. The van der Waals surface area contributed by atoms with Crippen LogP contribution in [0, 0.1) is 6.92 Å². The van der Waals surface area contributed by atoms with Crippen molar-refractivity contribution in [1.82, 2.24) is 4.98 Å². The van der Waals surface area contributed by atoms with Gasteiger partial charge in [0, 0.05) is 17.2 Å². The Labute approximate surface area is 133 Å². The van der Waals surface area contributed by atoms with Crippen LogP contribution < -0.4 is 5.32 Å². The molecule has 1 N–H and O–H groups in total. The molecule has 7 heteroatoms. The van der Waals surface area contributed by atoms with Gasteiger partial charge in [-0.3, -0.25) is 4.79 Å².